The zero-order chi connectivity index (χ0) is 16.6. The lowest BCUT2D eigenvalue weighted by Crippen LogP contribution is -2.30. The fraction of sp³-hybridized carbons (Fsp3) is 0.353. The molecule has 120 valence electrons. The maximum atomic E-state index is 12.4. The number of amides is 1. The average molecular weight is 313 g/mol. The maximum Gasteiger partial charge on any atom is 0.309 e. The molecule has 23 heavy (non-hydrogen) atoms. The van der Waals surface area contributed by atoms with Gasteiger partial charge in [-0.25, -0.2) is 0 Å². The van der Waals surface area contributed by atoms with Gasteiger partial charge in [0.1, 0.15) is 0 Å². The predicted molar refractivity (Wildman–Crippen MR) is 83.4 cm³/mol. The van der Waals surface area contributed by atoms with E-state index in [0.29, 0.717) is 6.54 Å². The Hall–Kier alpha value is -2.63. The van der Waals surface area contributed by atoms with Crippen LogP contribution in [-0.2, 0) is 23.2 Å². The normalized spacial score (nSPS) is 21.0. The van der Waals surface area contributed by atoms with Crippen molar-refractivity contribution in [2.45, 2.75) is 25.9 Å². The minimum atomic E-state index is -0.930. The summed E-state index contributed by atoms with van der Waals surface area (Å²) in [5.41, 5.74) is 2.79. The first-order valence-corrected chi connectivity index (χ1v) is 7.52. The van der Waals surface area contributed by atoms with E-state index < -0.39 is 17.9 Å². The average Bonchev–Trinajstić information content (AvgIpc) is 3.05. The lowest BCUT2D eigenvalue weighted by Gasteiger charge is -2.28. The van der Waals surface area contributed by atoms with E-state index in [9.17, 15) is 14.7 Å². The van der Waals surface area contributed by atoms with Crippen LogP contribution >= 0.6 is 0 Å². The largest absolute Gasteiger partial charge is 0.481 e. The van der Waals surface area contributed by atoms with Crippen LogP contribution in [0.3, 0.4) is 0 Å². The van der Waals surface area contributed by atoms with Crippen LogP contribution < -0.4 is 0 Å². The molecular weight excluding hydrogens is 294 g/mol. The molecule has 1 saturated heterocycles. The van der Waals surface area contributed by atoms with Crippen molar-refractivity contribution in [3.05, 3.63) is 53.3 Å². The van der Waals surface area contributed by atoms with Gasteiger partial charge in [0.05, 0.1) is 18.2 Å². The van der Waals surface area contributed by atoms with Crippen LogP contribution in [0.5, 0.6) is 0 Å². The molecule has 2 aromatic rings. The predicted octanol–water partition coefficient (Wildman–Crippen LogP) is 1.90. The third kappa shape index (κ3) is 2.84. The number of carbonyl (C=O) groups excluding carboxylic acids is 1. The van der Waals surface area contributed by atoms with Gasteiger partial charge in [0.2, 0.25) is 5.91 Å². The van der Waals surface area contributed by atoms with Crippen molar-refractivity contribution in [1.29, 1.82) is 0 Å². The van der Waals surface area contributed by atoms with Crippen molar-refractivity contribution >= 4 is 11.9 Å². The SMILES string of the molecule is Cc1ccccc1C1C(C(=O)O)CC(=O)N1Cc1cnn(C)c1. The van der Waals surface area contributed by atoms with Crippen LogP contribution in [0.15, 0.2) is 36.7 Å². The Kier molecular flexibility index (Phi) is 3.90. The molecule has 0 saturated carbocycles. The topological polar surface area (TPSA) is 75.4 Å². The molecule has 1 fully saturated rings. The van der Waals surface area contributed by atoms with Crippen LogP contribution in [0, 0.1) is 12.8 Å². The number of rotatable bonds is 4. The van der Waals surface area contributed by atoms with Gasteiger partial charge in [-0.3, -0.25) is 14.3 Å². The fourth-order valence-corrected chi connectivity index (χ4v) is 3.25. The second kappa shape index (κ2) is 5.87. The van der Waals surface area contributed by atoms with E-state index in [4.69, 9.17) is 0 Å². The van der Waals surface area contributed by atoms with Gasteiger partial charge < -0.3 is 10.0 Å². The summed E-state index contributed by atoms with van der Waals surface area (Å²) in [5, 5.41) is 13.7. The molecule has 6 nitrogen and oxygen atoms in total. The second-order valence-electron chi connectivity index (χ2n) is 5.99. The summed E-state index contributed by atoms with van der Waals surface area (Å²) in [6, 6.07) is 7.20. The van der Waals surface area contributed by atoms with Gasteiger partial charge in [0.15, 0.2) is 0 Å². The number of nitrogens with zero attached hydrogens (tertiary/aromatic N) is 3. The summed E-state index contributed by atoms with van der Waals surface area (Å²) in [6.45, 7) is 2.31. The highest BCUT2D eigenvalue weighted by Crippen LogP contribution is 2.40. The van der Waals surface area contributed by atoms with E-state index in [2.05, 4.69) is 5.10 Å². The molecule has 2 atom stereocenters. The number of aliphatic carboxylic acids is 1. The molecule has 2 unspecified atom stereocenters. The van der Waals surface area contributed by atoms with Gasteiger partial charge in [-0.2, -0.15) is 5.10 Å². The molecule has 1 amide bonds. The zero-order valence-corrected chi connectivity index (χ0v) is 13.1. The first-order valence-electron chi connectivity index (χ1n) is 7.52. The lowest BCUT2D eigenvalue weighted by atomic mass is 9.91. The minimum absolute atomic E-state index is 0.0363. The molecule has 0 aliphatic carbocycles. The molecule has 1 N–H and O–H groups in total. The van der Waals surface area contributed by atoms with Gasteiger partial charge in [-0.1, -0.05) is 24.3 Å². The Morgan fingerprint density at radius 3 is 2.74 bits per heavy atom. The van der Waals surface area contributed by atoms with E-state index >= 15 is 0 Å². The van der Waals surface area contributed by atoms with Gasteiger partial charge in [-0.15, -0.1) is 0 Å². The zero-order valence-electron chi connectivity index (χ0n) is 13.1. The second-order valence-corrected chi connectivity index (χ2v) is 5.99. The summed E-state index contributed by atoms with van der Waals surface area (Å²) in [6.07, 6.45) is 3.58. The van der Waals surface area contributed by atoms with Gasteiger partial charge in [0.25, 0.3) is 0 Å². The van der Waals surface area contributed by atoms with E-state index in [1.54, 1.807) is 15.8 Å². The number of aromatic nitrogens is 2. The molecule has 2 heterocycles. The Morgan fingerprint density at radius 2 is 2.13 bits per heavy atom. The van der Waals surface area contributed by atoms with Crippen molar-refractivity contribution < 1.29 is 14.7 Å². The van der Waals surface area contributed by atoms with E-state index in [-0.39, 0.29) is 12.3 Å². The molecule has 1 aromatic carbocycles. The van der Waals surface area contributed by atoms with Crippen molar-refractivity contribution in [2.75, 3.05) is 0 Å². The number of hydrogen-bond donors (Lipinski definition) is 1. The number of likely N-dealkylation sites (tertiary alicyclic amines) is 1. The molecular formula is C17H19N3O3. The highest BCUT2D eigenvalue weighted by molar-refractivity contribution is 5.87. The van der Waals surface area contributed by atoms with E-state index in [1.165, 1.54) is 0 Å². The third-order valence-electron chi connectivity index (χ3n) is 4.37. The van der Waals surface area contributed by atoms with Crippen LogP contribution in [-0.4, -0.2) is 31.7 Å². The quantitative estimate of drug-likeness (QED) is 0.935. The smallest absolute Gasteiger partial charge is 0.309 e. The Bertz CT molecular complexity index is 753. The standard InChI is InChI=1S/C17H19N3O3/c1-11-5-3-4-6-13(11)16-14(17(22)23)7-15(21)20(16)10-12-8-18-19(2)9-12/h3-6,8-9,14,16H,7,10H2,1-2H3,(H,22,23). The van der Waals surface area contributed by atoms with Gasteiger partial charge >= 0.3 is 5.97 Å². The first kappa shape index (κ1) is 15.3. The minimum Gasteiger partial charge on any atom is -0.481 e. The maximum absolute atomic E-state index is 12.4. The molecule has 6 heteroatoms. The molecule has 1 aliphatic rings. The van der Waals surface area contributed by atoms with Crippen LogP contribution in [0.4, 0.5) is 0 Å². The van der Waals surface area contributed by atoms with E-state index in [0.717, 1.165) is 16.7 Å². The van der Waals surface area contributed by atoms with Crippen molar-refractivity contribution in [3.63, 3.8) is 0 Å². The van der Waals surface area contributed by atoms with Gasteiger partial charge in [-0.05, 0) is 18.1 Å². The Labute approximate surface area is 134 Å². The van der Waals surface area contributed by atoms with Crippen molar-refractivity contribution in [3.8, 4) is 0 Å². The number of carboxylic acid groups (broad SMARTS) is 1. The summed E-state index contributed by atoms with van der Waals surface area (Å²) in [7, 11) is 1.81. The van der Waals surface area contributed by atoms with Crippen LogP contribution in [0.1, 0.15) is 29.2 Å². The van der Waals surface area contributed by atoms with Gasteiger partial charge in [0, 0.05) is 31.8 Å². The van der Waals surface area contributed by atoms with Crippen LogP contribution in [0.2, 0.25) is 0 Å². The summed E-state index contributed by atoms with van der Waals surface area (Å²) in [5.74, 6) is -1.78. The third-order valence-corrected chi connectivity index (χ3v) is 4.37. The summed E-state index contributed by atoms with van der Waals surface area (Å²) in [4.78, 5) is 25.7. The molecule has 3 rings (SSSR count). The van der Waals surface area contributed by atoms with Crippen LogP contribution in [0.25, 0.3) is 0 Å². The lowest BCUT2D eigenvalue weighted by molar-refractivity contribution is -0.142. The number of benzene rings is 1. The molecule has 1 aliphatic heterocycles. The first-order chi connectivity index (χ1) is 11.0. The highest BCUT2D eigenvalue weighted by atomic mass is 16.4. The highest BCUT2D eigenvalue weighted by Gasteiger charge is 2.45. The number of aryl methyl sites for hydroxylation is 2. The number of carbonyl (C=O) groups is 2. The molecule has 0 bridgehead atoms. The number of carboxylic acids is 1. The van der Waals surface area contributed by atoms with Crippen molar-refractivity contribution in [2.24, 2.45) is 13.0 Å². The summed E-state index contributed by atoms with van der Waals surface area (Å²) >= 11 is 0. The summed E-state index contributed by atoms with van der Waals surface area (Å²) < 4.78 is 1.67. The number of hydrogen-bond acceptors (Lipinski definition) is 3. The molecule has 0 radical (unpaired) electrons. The fourth-order valence-electron chi connectivity index (χ4n) is 3.25. The Balaban J connectivity index is 1.99. The van der Waals surface area contributed by atoms with Crippen molar-refractivity contribution in [1.82, 2.24) is 14.7 Å². The van der Waals surface area contributed by atoms with E-state index in [1.807, 2.05) is 44.4 Å². The molecule has 0 spiro atoms. The Morgan fingerprint density at radius 1 is 1.39 bits per heavy atom. The molecule has 1 aromatic heterocycles. The monoisotopic (exact) mass is 313 g/mol.